The van der Waals surface area contributed by atoms with Gasteiger partial charge in [-0.15, -0.1) is 0 Å². The van der Waals surface area contributed by atoms with Crippen molar-refractivity contribution in [2.45, 2.75) is 11.5 Å². The molecule has 3 aromatic rings. The molecule has 0 spiro atoms. The number of benzene rings is 3. The second-order valence-corrected chi connectivity index (χ2v) is 8.11. The normalized spacial score (nSPS) is 10.4. The van der Waals surface area contributed by atoms with Gasteiger partial charge in [0.1, 0.15) is 12.4 Å². The molecular weight excluding hydrogens is 420 g/mol. The Bertz CT molecular complexity index is 1020. The van der Waals surface area contributed by atoms with E-state index in [4.69, 9.17) is 16.3 Å². The molecule has 5 nitrogen and oxygen atoms in total. The fraction of sp³-hybridized carbons (Fsp3) is 0.130. The van der Waals surface area contributed by atoms with Gasteiger partial charge in [0.25, 0.3) is 11.1 Å². The number of carbonyl (C=O) groups is 2. The lowest BCUT2D eigenvalue weighted by atomic mass is 10.1. The lowest BCUT2D eigenvalue weighted by Gasteiger charge is -2.12. The van der Waals surface area contributed by atoms with Crippen LogP contribution in [0.1, 0.15) is 15.9 Å². The number of halogens is 1. The summed E-state index contributed by atoms with van der Waals surface area (Å²) in [5.74, 6) is 0.222. The number of rotatable bonds is 6. The van der Waals surface area contributed by atoms with Crippen LogP contribution in [0.15, 0.2) is 77.7 Å². The van der Waals surface area contributed by atoms with Gasteiger partial charge in [-0.1, -0.05) is 35.9 Å². The van der Waals surface area contributed by atoms with Gasteiger partial charge in [-0.05, 0) is 65.9 Å². The Labute approximate surface area is 185 Å². The van der Waals surface area contributed by atoms with Crippen LogP contribution >= 0.6 is 23.4 Å². The van der Waals surface area contributed by atoms with Crippen LogP contribution in [0.2, 0.25) is 5.02 Å². The van der Waals surface area contributed by atoms with E-state index in [9.17, 15) is 9.59 Å². The van der Waals surface area contributed by atoms with Crippen LogP contribution in [0, 0.1) is 0 Å². The molecule has 7 heteroatoms. The smallest absolute Gasteiger partial charge is 0.285 e. The van der Waals surface area contributed by atoms with E-state index in [2.05, 4.69) is 5.32 Å². The SMILES string of the molecule is CN(C)C(=O)Sc1ccc(NC(=O)c2ccccc2OCc2ccc(Cl)cc2)cc1. The fourth-order valence-electron chi connectivity index (χ4n) is 2.52. The second-order valence-electron chi connectivity index (χ2n) is 6.65. The Balaban J connectivity index is 1.65. The number of carbonyl (C=O) groups excluding carboxylic acids is 2. The van der Waals surface area contributed by atoms with Crippen molar-refractivity contribution in [2.24, 2.45) is 0 Å². The highest BCUT2D eigenvalue weighted by atomic mass is 35.5. The average Bonchev–Trinajstić information content (AvgIpc) is 2.75. The molecule has 0 fully saturated rings. The van der Waals surface area contributed by atoms with E-state index >= 15 is 0 Å². The number of anilines is 1. The molecule has 0 bridgehead atoms. The molecule has 0 saturated carbocycles. The minimum atomic E-state index is -0.272. The number of hydrogen-bond donors (Lipinski definition) is 1. The van der Waals surface area contributed by atoms with Crippen molar-refractivity contribution < 1.29 is 14.3 Å². The van der Waals surface area contributed by atoms with Crippen LogP contribution in [-0.4, -0.2) is 30.1 Å². The fourth-order valence-corrected chi connectivity index (χ4v) is 3.30. The topological polar surface area (TPSA) is 58.6 Å². The Hall–Kier alpha value is -2.96. The number of nitrogens with one attached hydrogen (secondary N) is 1. The first-order valence-corrected chi connectivity index (χ1v) is 10.4. The van der Waals surface area contributed by atoms with Gasteiger partial charge in [-0.3, -0.25) is 9.59 Å². The highest BCUT2D eigenvalue weighted by Gasteiger charge is 2.13. The van der Waals surface area contributed by atoms with Gasteiger partial charge in [0, 0.05) is 29.7 Å². The van der Waals surface area contributed by atoms with Crippen LogP contribution in [-0.2, 0) is 6.61 Å². The minimum absolute atomic E-state index is 0.0569. The summed E-state index contributed by atoms with van der Waals surface area (Å²) in [5.41, 5.74) is 2.02. The monoisotopic (exact) mass is 440 g/mol. The van der Waals surface area contributed by atoms with Crippen molar-refractivity contribution >= 4 is 40.2 Å². The summed E-state index contributed by atoms with van der Waals surface area (Å²) in [5, 5.41) is 3.47. The van der Waals surface area contributed by atoms with Crippen molar-refractivity contribution in [1.29, 1.82) is 0 Å². The Morgan fingerprint density at radius 1 is 0.967 bits per heavy atom. The number of ether oxygens (including phenoxy) is 1. The number of thioether (sulfide) groups is 1. The van der Waals surface area contributed by atoms with E-state index in [0.29, 0.717) is 28.6 Å². The second kappa shape index (κ2) is 10.2. The summed E-state index contributed by atoms with van der Waals surface area (Å²) >= 11 is 7.04. The molecule has 0 aliphatic rings. The Morgan fingerprint density at radius 2 is 1.63 bits per heavy atom. The van der Waals surface area contributed by atoms with Gasteiger partial charge < -0.3 is 15.0 Å². The van der Waals surface area contributed by atoms with E-state index in [-0.39, 0.29) is 11.1 Å². The van der Waals surface area contributed by atoms with Gasteiger partial charge in [0.2, 0.25) is 0 Å². The average molecular weight is 441 g/mol. The summed E-state index contributed by atoms with van der Waals surface area (Å²) in [6.45, 7) is 0.327. The van der Waals surface area contributed by atoms with E-state index < -0.39 is 0 Å². The summed E-state index contributed by atoms with van der Waals surface area (Å²) in [7, 11) is 3.41. The molecule has 0 heterocycles. The van der Waals surface area contributed by atoms with Crippen molar-refractivity contribution in [3.63, 3.8) is 0 Å². The molecule has 3 rings (SSSR count). The van der Waals surface area contributed by atoms with Crippen molar-refractivity contribution in [2.75, 3.05) is 19.4 Å². The third-order valence-corrected chi connectivity index (χ3v) is 5.42. The van der Waals surface area contributed by atoms with Crippen LogP contribution in [0.5, 0.6) is 5.75 Å². The molecule has 0 atom stereocenters. The van der Waals surface area contributed by atoms with Crippen molar-refractivity contribution in [3.05, 3.63) is 88.9 Å². The van der Waals surface area contributed by atoms with E-state index in [0.717, 1.165) is 22.2 Å². The molecule has 30 heavy (non-hydrogen) atoms. The van der Waals surface area contributed by atoms with Crippen LogP contribution in [0.25, 0.3) is 0 Å². The van der Waals surface area contributed by atoms with Crippen molar-refractivity contribution in [3.8, 4) is 5.75 Å². The number of amides is 2. The highest BCUT2D eigenvalue weighted by Crippen LogP contribution is 2.24. The molecule has 0 radical (unpaired) electrons. The largest absolute Gasteiger partial charge is 0.488 e. The van der Waals surface area contributed by atoms with Gasteiger partial charge in [0.15, 0.2) is 0 Å². The molecule has 154 valence electrons. The van der Waals surface area contributed by atoms with E-state index in [1.54, 1.807) is 68.7 Å². The summed E-state index contributed by atoms with van der Waals surface area (Å²) < 4.78 is 5.86. The molecule has 3 aromatic carbocycles. The standard InChI is InChI=1S/C23H21ClN2O3S/c1-26(2)23(28)30-19-13-11-18(12-14-19)25-22(27)20-5-3-4-6-21(20)29-15-16-7-9-17(24)10-8-16/h3-14H,15H2,1-2H3,(H,25,27). The van der Waals surface area contributed by atoms with Gasteiger partial charge in [-0.2, -0.15) is 0 Å². The van der Waals surface area contributed by atoms with Crippen molar-refractivity contribution in [1.82, 2.24) is 4.90 Å². The predicted octanol–water partition coefficient (Wildman–Crippen LogP) is 5.95. The third-order valence-electron chi connectivity index (χ3n) is 4.12. The maximum absolute atomic E-state index is 12.8. The zero-order valence-electron chi connectivity index (χ0n) is 16.6. The van der Waals surface area contributed by atoms with Gasteiger partial charge >= 0.3 is 0 Å². The first-order valence-electron chi connectivity index (χ1n) is 9.19. The molecule has 0 saturated heterocycles. The van der Waals surface area contributed by atoms with Crippen LogP contribution < -0.4 is 10.1 Å². The molecule has 0 aromatic heterocycles. The van der Waals surface area contributed by atoms with Gasteiger partial charge in [0.05, 0.1) is 5.56 Å². The summed E-state index contributed by atoms with van der Waals surface area (Å²) in [6.07, 6.45) is 0. The van der Waals surface area contributed by atoms with E-state index in [1.165, 1.54) is 4.90 Å². The Kier molecular flexibility index (Phi) is 7.38. The molecule has 2 amide bonds. The molecule has 0 aliphatic carbocycles. The third kappa shape index (κ3) is 6.02. The van der Waals surface area contributed by atoms with Crippen LogP contribution in [0.3, 0.4) is 0 Å². The Morgan fingerprint density at radius 3 is 2.30 bits per heavy atom. The maximum Gasteiger partial charge on any atom is 0.285 e. The minimum Gasteiger partial charge on any atom is -0.488 e. The zero-order chi connectivity index (χ0) is 21.5. The number of para-hydroxylation sites is 1. The zero-order valence-corrected chi connectivity index (χ0v) is 18.2. The summed E-state index contributed by atoms with van der Waals surface area (Å²) in [6, 6.07) is 21.6. The molecule has 0 aliphatic heterocycles. The number of nitrogens with zero attached hydrogens (tertiary/aromatic N) is 1. The predicted molar refractivity (Wildman–Crippen MR) is 122 cm³/mol. The first-order chi connectivity index (χ1) is 14.4. The highest BCUT2D eigenvalue weighted by molar-refractivity contribution is 8.13. The molecular formula is C23H21ClN2O3S. The molecule has 1 N–H and O–H groups in total. The first kappa shape index (κ1) is 21.7. The van der Waals surface area contributed by atoms with E-state index in [1.807, 2.05) is 18.2 Å². The lowest BCUT2D eigenvalue weighted by Crippen LogP contribution is -2.16. The van der Waals surface area contributed by atoms with Crippen LogP contribution in [0.4, 0.5) is 10.5 Å². The number of hydrogen-bond acceptors (Lipinski definition) is 4. The van der Waals surface area contributed by atoms with Gasteiger partial charge in [-0.25, -0.2) is 0 Å². The summed E-state index contributed by atoms with van der Waals surface area (Å²) in [4.78, 5) is 26.9. The molecule has 0 unspecified atom stereocenters. The lowest BCUT2D eigenvalue weighted by molar-refractivity contribution is 0.102. The maximum atomic E-state index is 12.8. The quantitative estimate of drug-likeness (QED) is 0.481.